The summed E-state index contributed by atoms with van der Waals surface area (Å²) in [5.41, 5.74) is 5.05. The maximum absolute atomic E-state index is 13.3. The molecule has 0 radical (unpaired) electrons. The molecule has 1 N–H and O–H groups in total. The molecule has 2 heterocycles. The van der Waals surface area contributed by atoms with Gasteiger partial charge < -0.3 is 5.32 Å². The Bertz CT molecular complexity index is 1250. The largest absolute Gasteiger partial charge is 0.328 e. The number of fused-ring (bicyclic) bond motifs is 1. The molecule has 7 heteroatoms. The summed E-state index contributed by atoms with van der Waals surface area (Å²) >= 11 is 7.91. The normalized spacial score (nSPS) is 19.4. The van der Waals surface area contributed by atoms with E-state index in [-0.39, 0.29) is 17.2 Å². The van der Waals surface area contributed by atoms with E-state index in [0.29, 0.717) is 22.5 Å². The maximum Gasteiger partial charge on any atom is 0.227 e. The molecule has 2 aromatic carbocycles. The number of hydrogen-bond acceptors (Lipinski definition) is 5. The summed E-state index contributed by atoms with van der Waals surface area (Å²) in [6.45, 7) is 6.36. The summed E-state index contributed by atoms with van der Waals surface area (Å²) in [7, 11) is 0. The van der Waals surface area contributed by atoms with Gasteiger partial charge in [0.05, 0.1) is 0 Å². The fourth-order valence-electron chi connectivity index (χ4n) is 4.59. The van der Waals surface area contributed by atoms with Gasteiger partial charge in [-0.15, -0.1) is 5.10 Å². The van der Waals surface area contributed by atoms with E-state index in [1.165, 1.54) is 11.1 Å². The van der Waals surface area contributed by atoms with Gasteiger partial charge in [0.2, 0.25) is 11.1 Å². The van der Waals surface area contributed by atoms with Gasteiger partial charge in [0.25, 0.3) is 0 Å². The van der Waals surface area contributed by atoms with Gasteiger partial charge in [0, 0.05) is 28.5 Å². The Hall–Kier alpha value is -2.57. The molecule has 1 aliphatic carbocycles. The number of benzene rings is 2. The Labute approximate surface area is 197 Å². The van der Waals surface area contributed by atoms with Crippen molar-refractivity contribution >= 4 is 35.1 Å². The van der Waals surface area contributed by atoms with Crippen molar-refractivity contribution in [2.45, 2.75) is 50.6 Å². The molecule has 32 heavy (non-hydrogen) atoms. The van der Waals surface area contributed by atoms with Crippen molar-refractivity contribution in [1.29, 1.82) is 0 Å². The van der Waals surface area contributed by atoms with E-state index in [1.807, 2.05) is 28.9 Å². The van der Waals surface area contributed by atoms with E-state index < -0.39 is 0 Å². The first-order valence-electron chi connectivity index (χ1n) is 10.7. The summed E-state index contributed by atoms with van der Waals surface area (Å²) in [5.74, 6) is 1.61. The number of carbonyl (C=O) groups excluding carboxylic acids is 1. The average Bonchev–Trinajstić information content (AvgIpc) is 3.12. The fraction of sp³-hybridized carbons (Fsp3) is 0.320. The number of aromatic nitrogens is 3. The van der Waals surface area contributed by atoms with Crippen LogP contribution in [0.5, 0.6) is 0 Å². The summed E-state index contributed by atoms with van der Waals surface area (Å²) < 4.78 is 1.85. The number of thioether (sulfide) groups is 1. The summed E-state index contributed by atoms with van der Waals surface area (Å²) in [6.07, 6.45) is 1.31. The van der Waals surface area contributed by atoms with E-state index in [4.69, 9.17) is 21.7 Å². The first-order chi connectivity index (χ1) is 15.3. The molecule has 0 saturated heterocycles. The molecule has 0 spiro atoms. The molecular formula is C25H25ClN4OS. The lowest BCUT2D eigenvalue weighted by molar-refractivity contribution is -0.118. The summed E-state index contributed by atoms with van der Waals surface area (Å²) in [6, 6.07) is 15.8. The minimum Gasteiger partial charge on any atom is -0.328 e. The third-order valence-electron chi connectivity index (χ3n) is 5.93. The van der Waals surface area contributed by atoms with Crippen LogP contribution in [0.2, 0.25) is 5.02 Å². The van der Waals surface area contributed by atoms with Gasteiger partial charge in [-0.3, -0.25) is 4.79 Å². The second-order valence-corrected chi connectivity index (χ2v) is 10.7. The zero-order valence-electron chi connectivity index (χ0n) is 18.4. The number of carbonyl (C=O) groups is 1. The monoisotopic (exact) mass is 464 g/mol. The van der Waals surface area contributed by atoms with Crippen molar-refractivity contribution in [2.75, 3.05) is 5.32 Å². The minimum absolute atomic E-state index is 0.0905. The van der Waals surface area contributed by atoms with Crippen LogP contribution in [-0.2, 0) is 10.5 Å². The number of nitrogens with zero attached hydrogens (tertiary/aromatic N) is 3. The molecule has 1 aromatic heterocycles. The molecule has 2 aliphatic rings. The number of allylic oxidation sites excluding steroid dienone is 2. The Morgan fingerprint density at radius 2 is 2.00 bits per heavy atom. The van der Waals surface area contributed by atoms with Crippen LogP contribution in [0.1, 0.15) is 49.4 Å². The van der Waals surface area contributed by atoms with Crippen LogP contribution in [0, 0.1) is 12.3 Å². The predicted octanol–water partition coefficient (Wildman–Crippen LogP) is 6.19. The van der Waals surface area contributed by atoms with Crippen molar-refractivity contribution < 1.29 is 4.79 Å². The average molecular weight is 465 g/mol. The van der Waals surface area contributed by atoms with E-state index in [2.05, 4.69) is 50.4 Å². The molecule has 0 fully saturated rings. The van der Waals surface area contributed by atoms with Crippen molar-refractivity contribution in [2.24, 2.45) is 5.41 Å². The number of ketones is 1. The van der Waals surface area contributed by atoms with Crippen LogP contribution in [0.15, 0.2) is 65.0 Å². The highest BCUT2D eigenvalue weighted by molar-refractivity contribution is 7.98. The SMILES string of the molecule is Cc1cccc(CSc2nc3n(n2)[C@@H](c2cccc(Cl)c2)C2=C(CC(C)(C)CC2=O)N3)c1. The van der Waals surface area contributed by atoms with Gasteiger partial charge in [-0.2, -0.15) is 4.98 Å². The van der Waals surface area contributed by atoms with Crippen molar-refractivity contribution in [3.63, 3.8) is 0 Å². The Morgan fingerprint density at radius 1 is 1.19 bits per heavy atom. The first-order valence-corrected chi connectivity index (χ1v) is 12.1. The highest BCUT2D eigenvalue weighted by Gasteiger charge is 2.41. The molecule has 0 bridgehead atoms. The third-order valence-corrected chi connectivity index (χ3v) is 7.07. The standard InChI is InChI=1S/C25H25ClN4OS/c1-15-6-4-7-16(10-15)14-32-24-28-23-27-19-12-25(2,3)13-20(31)21(19)22(30(23)29-24)17-8-5-9-18(26)11-17/h4-11,22H,12-14H2,1-3H3,(H,27,28,29)/t22-/m0/s1. The quantitative estimate of drug-likeness (QED) is 0.466. The first kappa shape index (κ1) is 21.3. The number of Topliss-reactive ketones (excluding diaryl/α,β-unsaturated/α-hetero) is 1. The second kappa shape index (κ2) is 8.09. The molecule has 0 unspecified atom stereocenters. The smallest absolute Gasteiger partial charge is 0.227 e. The fourth-order valence-corrected chi connectivity index (χ4v) is 5.56. The predicted molar refractivity (Wildman–Crippen MR) is 129 cm³/mol. The number of hydrogen-bond donors (Lipinski definition) is 1. The number of aryl methyl sites for hydroxylation is 1. The zero-order valence-corrected chi connectivity index (χ0v) is 19.9. The minimum atomic E-state index is -0.329. The van der Waals surface area contributed by atoms with Crippen molar-refractivity contribution in [1.82, 2.24) is 14.8 Å². The van der Waals surface area contributed by atoms with Crippen molar-refractivity contribution in [3.8, 4) is 0 Å². The van der Waals surface area contributed by atoms with Gasteiger partial charge in [0.1, 0.15) is 6.04 Å². The van der Waals surface area contributed by atoms with Crippen LogP contribution in [-0.4, -0.2) is 20.5 Å². The lowest BCUT2D eigenvalue weighted by Gasteiger charge is -2.38. The van der Waals surface area contributed by atoms with Crippen LogP contribution >= 0.6 is 23.4 Å². The number of anilines is 1. The number of nitrogens with one attached hydrogen (secondary N) is 1. The molecule has 164 valence electrons. The molecule has 0 amide bonds. The Balaban J connectivity index is 1.53. The lowest BCUT2D eigenvalue weighted by atomic mass is 9.73. The molecule has 0 saturated carbocycles. The second-order valence-electron chi connectivity index (χ2n) is 9.36. The molecule has 5 rings (SSSR count). The number of halogens is 1. The topological polar surface area (TPSA) is 59.8 Å². The van der Waals surface area contributed by atoms with Gasteiger partial charge >= 0.3 is 0 Å². The molecule has 3 aromatic rings. The van der Waals surface area contributed by atoms with E-state index in [1.54, 1.807) is 11.8 Å². The maximum atomic E-state index is 13.3. The third kappa shape index (κ3) is 4.09. The zero-order chi connectivity index (χ0) is 22.5. The van der Waals surface area contributed by atoms with Crippen LogP contribution in [0.25, 0.3) is 0 Å². The van der Waals surface area contributed by atoms with E-state index in [0.717, 1.165) is 29.0 Å². The highest BCUT2D eigenvalue weighted by atomic mass is 35.5. The summed E-state index contributed by atoms with van der Waals surface area (Å²) in [5, 5.41) is 9.57. The van der Waals surface area contributed by atoms with Crippen LogP contribution < -0.4 is 5.32 Å². The lowest BCUT2D eigenvalue weighted by Crippen LogP contribution is -2.36. The van der Waals surface area contributed by atoms with Gasteiger partial charge in [-0.25, -0.2) is 4.68 Å². The molecule has 1 aliphatic heterocycles. The summed E-state index contributed by atoms with van der Waals surface area (Å²) in [4.78, 5) is 18.0. The Morgan fingerprint density at radius 3 is 2.78 bits per heavy atom. The van der Waals surface area contributed by atoms with E-state index in [9.17, 15) is 4.79 Å². The van der Waals surface area contributed by atoms with E-state index >= 15 is 0 Å². The number of rotatable bonds is 4. The van der Waals surface area contributed by atoms with Crippen LogP contribution in [0.3, 0.4) is 0 Å². The molecule has 1 atom stereocenters. The van der Waals surface area contributed by atoms with Gasteiger partial charge in [-0.05, 0) is 42.0 Å². The Kier molecular flexibility index (Phi) is 5.38. The van der Waals surface area contributed by atoms with Gasteiger partial charge in [0.15, 0.2) is 5.78 Å². The molecule has 5 nitrogen and oxygen atoms in total. The van der Waals surface area contributed by atoms with Crippen molar-refractivity contribution in [3.05, 3.63) is 81.5 Å². The van der Waals surface area contributed by atoms with Crippen LogP contribution in [0.4, 0.5) is 5.95 Å². The molecular weight excluding hydrogens is 440 g/mol. The van der Waals surface area contributed by atoms with Gasteiger partial charge in [-0.1, -0.05) is 79.2 Å². The highest BCUT2D eigenvalue weighted by Crippen LogP contribution is 2.46.